The van der Waals surface area contributed by atoms with Crippen molar-refractivity contribution in [2.45, 2.75) is 6.54 Å². The van der Waals surface area contributed by atoms with Crippen molar-refractivity contribution in [3.05, 3.63) is 51.8 Å². The fourth-order valence-corrected chi connectivity index (χ4v) is 3.04. The van der Waals surface area contributed by atoms with Gasteiger partial charge in [0.15, 0.2) is 0 Å². The molecule has 0 atom stereocenters. The highest BCUT2D eigenvalue weighted by Gasteiger charge is 2.22. The summed E-state index contributed by atoms with van der Waals surface area (Å²) >= 11 is 0. The lowest BCUT2D eigenvalue weighted by molar-refractivity contribution is -0.593. The van der Waals surface area contributed by atoms with E-state index < -0.39 is 0 Å². The number of rotatable bonds is 6. The number of hydrogen-bond donors (Lipinski definition) is 2. The van der Waals surface area contributed by atoms with E-state index in [1.807, 2.05) is 5.32 Å². The van der Waals surface area contributed by atoms with Gasteiger partial charge in [-0.1, -0.05) is 12.1 Å². The van der Waals surface area contributed by atoms with Crippen LogP contribution >= 0.6 is 0 Å². The Morgan fingerprint density at radius 3 is 2.69 bits per heavy atom. The molecule has 0 saturated carbocycles. The van der Waals surface area contributed by atoms with Crippen LogP contribution in [-0.4, -0.2) is 59.2 Å². The number of anilines is 1. The number of nitro benzene ring substituents is 1. The lowest BCUT2D eigenvalue weighted by Crippen LogP contribution is -2.77. The molecule has 1 aromatic heterocycles. The molecule has 0 radical (unpaired) electrons. The third-order valence-corrected chi connectivity index (χ3v) is 4.54. The van der Waals surface area contributed by atoms with E-state index in [9.17, 15) is 10.1 Å². The zero-order valence-corrected chi connectivity index (χ0v) is 14.6. The van der Waals surface area contributed by atoms with Gasteiger partial charge in [-0.15, -0.1) is 0 Å². The summed E-state index contributed by atoms with van der Waals surface area (Å²) < 4.78 is 0. The number of benzene rings is 1. The molecule has 1 saturated heterocycles. The van der Waals surface area contributed by atoms with Crippen LogP contribution in [0.3, 0.4) is 0 Å². The van der Waals surface area contributed by atoms with Gasteiger partial charge in [-0.25, -0.2) is 4.98 Å². The summed E-state index contributed by atoms with van der Waals surface area (Å²) in [6, 6.07) is 6.67. The predicted molar refractivity (Wildman–Crippen MR) is 98.0 cm³/mol. The predicted octanol–water partition coefficient (Wildman–Crippen LogP) is 0.529. The van der Waals surface area contributed by atoms with Crippen LogP contribution in [0.25, 0.3) is 0 Å². The van der Waals surface area contributed by atoms with Gasteiger partial charge in [-0.2, -0.15) is 4.98 Å². The molecule has 1 fully saturated rings. The summed E-state index contributed by atoms with van der Waals surface area (Å²) in [6.45, 7) is 3.94. The summed E-state index contributed by atoms with van der Waals surface area (Å²) in [5.41, 5.74) is 1.36. The first-order valence-corrected chi connectivity index (χ1v) is 8.44. The van der Waals surface area contributed by atoms with E-state index in [2.05, 4.69) is 26.8 Å². The molecule has 0 amide bonds. The molecule has 2 heterocycles. The van der Waals surface area contributed by atoms with Crippen LogP contribution < -0.4 is 10.2 Å². The van der Waals surface area contributed by atoms with Gasteiger partial charge in [0.1, 0.15) is 24.3 Å². The van der Waals surface area contributed by atoms with E-state index in [1.54, 1.807) is 18.2 Å². The lowest BCUT2D eigenvalue weighted by atomic mass is 10.1. The number of para-hydroxylation sites is 1. The SMILES string of the molecule is CN1CCN(c2ncnc([NH2+]Cc3ccccc3[N+](=O)[O-])c2C=N)CC1. The molecular formula is C17H22N7O2+. The Morgan fingerprint density at radius 2 is 2.00 bits per heavy atom. The van der Waals surface area contributed by atoms with E-state index in [0.717, 1.165) is 32.0 Å². The summed E-state index contributed by atoms with van der Waals surface area (Å²) in [6.07, 6.45) is 2.75. The van der Waals surface area contributed by atoms with Crippen LogP contribution in [0, 0.1) is 15.5 Å². The van der Waals surface area contributed by atoms with Crippen molar-refractivity contribution in [1.82, 2.24) is 14.9 Å². The number of hydrogen-bond acceptors (Lipinski definition) is 7. The second kappa shape index (κ2) is 7.98. The van der Waals surface area contributed by atoms with Crippen molar-refractivity contribution >= 4 is 23.5 Å². The quantitative estimate of drug-likeness (QED) is 0.443. The second-order valence-electron chi connectivity index (χ2n) is 6.22. The number of nitrogens with two attached hydrogens (primary N) is 1. The maximum Gasteiger partial charge on any atom is 0.278 e. The molecule has 1 aromatic carbocycles. The highest BCUT2D eigenvalue weighted by atomic mass is 16.6. The van der Waals surface area contributed by atoms with Crippen molar-refractivity contribution in [2.24, 2.45) is 0 Å². The number of nitro groups is 1. The molecular weight excluding hydrogens is 334 g/mol. The number of nitrogens with zero attached hydrogens (tertiary/aromatic N) is 5. The average molecular weight is 356 g/mol. The number of quaternary nitrogens is 1. The Bertz CT molecular complexity index is 803. The molecule has 9 heteroatoms. The molecule has 9 nitrogen and oxygen atoms in total. The van der Waals surface area contributed by atoms with Crippen molar-refractivity contribution in [3.8, 4) is 0 Å². The van der Waals surface area contributed by atoms with Gasteiger partial charge in [0.2, 0.25) is 5.82 Å². The third-order valence-electron chi connectivity index (χ3n) is 4.54. The van der Waals surface area contributed by atoms with E-state index >= 15 is 0 Å². The van der Waals surface area contributed by atoms with Gasteiger partial charge in [-0.3, -0.25) is 15.4 Å². The van der Waals surface area contributed by atoms with Crippen LogP contribution in [0.1, 0.15) is 11.1 Å². The highest BCUT2D eigenvalue weighted by Crippen LogP contribution is 2.21. The van der Waals surface area contributed by atoms with E-state index in [0.29, 0.717) is 23.5 Å². The topological polar surface area (TPSA) is 116 Å². The molecule has 26 heavy (non-hydrogen) atoms. The van der Waals surface area contributed by atoms with Crippen LogP contribution in [0.4, 0.5) is 17.3 Å². The average Bonchev–Trinajstić information content (AvgIpc) is 2.66. The van der Waals surface area contributed by atoms with Crippen LogP contribution in [0.15, 0.2) is 30.6 Å². The van der Waals surface area contributed by atoms with Crippen LogP contribution in [-0.2, 0) is 6.54 Å². The molecule has 3 N–H and O–H groups in total. The minimum Gasteiger partial charge on any atom is -0.353 e. The van der Waals surface area contributed by atoms with Crippen molar-refractivity contribution in [3.63, 3.8) is 0 Å². The molecule has 0 unspecified atom stereocenters. The van der Waals surface area contributed by atoms with E-state index in [4.69, 9.17) is 5.41 Å². The Morgan fingerprint density at radius 1 is 1.27 bits per heavy atom. The Balaban J connectivity index is 1.82. The first-order chi connectivity index (χ1) is 12.6. The molecule has 136 valence electrons. The summed E-state index contributed by atoms with van der Waals surface area (Å²) in [5, 5.41) is 20.8. The summed E-state index contributed by atoms with van der Waals surface area (Å²) in [7, 11) is 2.08. The van der Waals surface area contributed by atoms with Gasteiger partial charge in [0.25, 0.3) is 5.69 Å². The van der Waals surface area contributed by atoms with Crippen molar-refractivity contribution in [1.29, 1.82) is 5.41 Å². The zero-order valence-electron chi connectivity index (χ0n) is 14.6. The fraction of sp³-hybridized carbons (Fsp3) is 0.353. The second-order valence-corrected chi connectivity index (χ2v) is 6.22. The van der Waals surface area contributed by atoms with Crippen LogP contribution in [0.2, 0.25) is 0 Å². The minimum absolute atomic E-state index is 0.0912. The van der Waals surface area contributed by atoms with Gasteiger partial charge in [0, 0.05) is 38.5 Å². The lowest BCUT2D eigenvalue weighted by Gasteiger charge is -2.33. The molecule has 0 aliphatic carbocycles. The van der Waals surface area contributed by atoms with Gasteiger partial charge >= 0.3 is 0 Å². The normalized spacial score (nSPS) is 15.0. The molecule has 1 aliphatic heterocycles. The highest BCUT2D eigenvalue weighted by molar-refractivity contribution is 5.88. The van der Waals surface area contributed by atoms with Gasteiger partial charge < -0.3 is 15.2 Å². The molecule has 1 aliphatic rings. The summed E-state index contributed by atoms with van der Waals surface area (Å²) in [5.74, 6) is 1.37. The van der Waals surface area contributed by atoms with Crippen LogP contribution in [0.5, 0.6) is 0 Å². The number of aromatic nitrogens is 2. The Labute approximate surface area is 151 Å². The number of piperazine rings is 1. The number of likely N-dealkylation sites (N-methyl/N-ethyl adjacent to an activating group) is 1. The van der Waals surface area contributed by atoms with Crippen molar-refractivity contribution in [2.75, 3.05) is 38.1 Å². The zero-order chi connectivity index (χ0) is 18.5. The van der Waals surface area contributed by atoms with E-state index in [-0.39, 0.29) is 10.6 Å². The minimum atomic E-state index is -0.379. The standard InChI is InChI=1S/C17H21N7O2/c1-22-6-8-23(9-7-22)17-14(10-18)16(20-12-21-17)19-11-13-4-2-3-5-15(13)24(25)26/h2-5,10,12,18H,6-9,11H2,1H3,(H,19,20,21)/p+1. The molecule has 2 aromatic rings. The monoisotopic (exact) mass is 356 g/mol. The molecule has 0 bridgehead atoms. The fourth-order valence-electron chi connectivity index (χ4n) is 3.04. The smallest absolute Gasteiger partial charge is 0.278 e. The Kier molecular flexibility index (Phi) is 5.49. The van der Waals surface area contributed by atoms with Gasteiger partial charge in [0.05, 0.1) is 10.5 Å². The molecule has 3 rings (SSSR count). The third kappa shape index (κ3) is 3.84. The van der Waals surface area contributed by atoms with Crippen molar-refractivity contribution < 1.29 is 10.2 Å². The summed E-state index contributed by atoms with van der Waals surface area (Å²) in [4.78, 5) is 23.9. The first-order valence-electron chi connectivity index (χ1n) is 8.44. The Hall–Kier alpha value is -2.91. The molecule has 0 spiro atoms. The maximum atomic E-state index is 11.2. The first kappa shape index (κ1) is 17.9. The number of nitrogens with one attached hydrogen (secondary N) is 1. The van der Waals surface area contributed by atoms with E-state index in [1.165, 1.54) is 18.6 Å². The maximum absolute atomic E-state index is 11.2. The largest absolute Gasteiger partial charge is 0.353 e. The van der Waals surface area contributed by atoms with Gasteiger partial charge in [-0.05, 0) is 13.1 Å².